The van der Waals surface area contributed by atoms with Crippen LogP contribution in [0.1, 0.15) is 71.4 Å². The van der Waals surface area contributed by atoms with Crippen LogP contribution in [0.4, 0.5) is 0 Å². The Bertz CT molecular complexity index is 695. The maximum Gasteiger partial charge on any atom is 0.128 e. The molecule has 0 spiro atoms. The highest BCUT2D eigenvalue weighted by Gasteiger charge is 2.21. The molecule has 25 heavy (non-hydrogen) atoms. The molecule has 0 aliphatic rings. The molecule has 0 atom stereocenters. The highest BCUT2D eigenvalue weighted by molar-refractivity contribution is 5.78. The van der Waals surface area contributed by atoms with Crippen LogP contribution in [0.25, 0.3) is 11.1 Å². The van der Waals surface area contributed by atoms with Crippen molar-refractivity contribution in [1.82, 2.24) is 0 Å². The molecular formula is C23H31O2. The molecule has 0 heterocycles. The van der Waals surface area contributed by atoms with E-state index in [0.717, 1.165) is 17.1 Å². The summed E-state index contributed by atoms with van der Waals surface area (Å²) in [5, 5.41) is 0. The molecular weight excluding hydrogens is 308 g/mol. The third-order valence-corrected chi connectivity index (χ3v) is 4.14. The first kappa shape index (κ1) is 19.4. The van der Waals surface area contributed by atoms with Crippen molar-refractivity contribution in [3.8, 4) is 22.6 Å². The summed E-state index contributed by atoms with van der Waals surface area (Å²) in [6.07, 6.45) is 0. The van der Waals surface area contributed by atoms with E-state index in [9.17, 15) is 0 Å². The molecule has 2 nitrogen and oxygen atoms in total. The summed E-state index contributed by atoms with van der Waals surface area (Å²) in [5.74, 6) is 2.41. The van der Waals surface area contributed by atoms with Gasteiger partial charge in [-0.25, -0.2) is 0 Å². The quantitative estimate of drug-likeness (QED) is 0.612. The van der Waals surface area contributed by atoms with E-state index in [1.54, 1.807) is 7.11 Å². The molecule has 0 bridgehead atoms. The minimum Gasteiger partial charge on any atom is -0.496 e. The van der Waals surface area contributed by atoms with Gasteiger partial charge in [0.1, 0.15) is 17.1 Å². The number of methoxy groups -OCH3 is 1. The Labute approximate surface area is 153 Å². The van der Waals surface area contributed by atoms with Crippen molar-refractivity contribution in [1.29, 1.82) is 0 Å². The van der Waals surface area contributed by atoms with Gasteiger partial charge in [0.15, 0.2) is 0 Å². The van der Waals surface area contributed by atoms with Gasteiger partial charge in [-0.05, 0) is 61.4 Å². The molecule has 0 amide bonds. The number of ether oxygens (including phenoxy) is 2. The Morgan fingerprint density at radius 3 is 1.88 bits per heavy atom. The molecule has 135 valence electrons. The zero-order valence-corrected chi connectivity index (χ0v) is 16.9. The topological polar surface area (TPSA) is 18.5 Å². The highest BCUT2D eigenvalue weighted by atomic mass is 16.5. The van der Waals surface area contributed by atoms with Crippen molar-refractivity contribution in [2.75, 3.05) is 7.11 Å². The lowest BCUT2D eigenvalue weighted by Crippen LogP contribution is -2.23. The van der Waals surface area contributed by atoms with Crippen LogP contribution in [0, 0.1) is 6.07 Å². The second-order valence-corrected chi connectivity index (χ2v) is 8.10. The van der Waals surface area contributed by atoms with Crippen LogP contribution in [0.2, 0.25) is 0 Å². The van der Waals surface area contributed by atoms with E-state index < -0.39 is 0 Å². The first-order valence-electron chi connectivity index (χ1n) is 9.06. The Morgan fingerprint density at radius 2 is 1.44 bits per heavy atom. The summed E-state index contributed by atoms with van der Waals surface area (Å²) in [6.45, 7) is 15.1. The average Bonchev–Trinajstić information content (AvgIpc) is 2.52. The first-order chi connectivity index (χ1) is 11.6. The summed E-state index contributed by atoms with van der Waals surface area (Å²) in [7, 11) is 1.71. The molecule has 0 saturated carbocycles. The largest absolute Gasteiger partial charge is 0.496 e. The number of benzene rings is 2. The first-order valence-corrected chi connectivity index (χ1v) is 9.06. The van der Waals surface area contributed by atoms with E-state index in [0.29, 0.717) is 11.8 Å². The summed E-state index contributed by atoms with van der Waals surface area (Å²) in [4.78, 5) is 0. The van der Waals surface area contributed by atoms with Gasteiger partial charge < -0.3 is 9.47 Å². The SMILES string of the molecule is COc1ccc(OC(C)(C)C)[c]c1-c1c(C(C)C)cccc1C(C)C. The maximum atomic E-state index is 6.05. The van der Waals surface area contributed by atoms with Crippen molar-refractivity contribution >= 4 is 0 Å². The summed E-state index contributed by atoms with van der Waals surface area (Å²) in [6, 6.07) is 14.0. The number of hydrogen-bond donors (Lipinski definition) is 0. The smallest absolute Gasteiger partial charge is 0.128 e. The van der Waals surface area contributed by atoms with Gasteiger partial charge in [-0.3, -0.25) is 0 Å². The second kappa shape index (κ2) is 7.51. The van der Waals surface area contributed by atoms with Crippen LogP contribution in [0.15, 0.2) is 30.3 Å². The Kier molecular flexibility index (Phi) is 5.82. The van der Waals surface area contributed by atoms with Crippen LogP contribution in [0.3, 0.4) is 0 Å². The van der Waals surface area contributed by atoms with Gasteiger partial charge in [-0.15, -0.1) is 0 Å². The Hall–Kier alpha value is -1.96. The zero-order valence-electron chi connectivity index (χ0n) is 16.9. The summed E-state index contributed by atoms with van der Waals surface area (Å²) < 4.78 is 11.7. The fourth-order valence-corrected chi connectivity index (χ4v) is 3.05. The lowest BCUT2D eigenvalue weighted by atomic mass is 9.84. The summed E-state index contributed by atoms with van der Waals surface area (Å²) in [5.41, 5.74) is 4.57. The highest BCUT2D eigenvalue weighted by Crippen LogP contribution is 2.42. The normalized spacial score (nSPS) is 11.9. The molecule has 2 aromatic rings. The van der Waals surface area contributed by atoms with E-state index >= 15 is 0 Å². The maximum absolute atomic E-state index is 6.05. The van der Waals surface area contributed by atoms with Gasteiger partial charge in [-0.2, -0.15) is 0 Å². The lowest BCUT2D eigenvalue weighted by Gasteiger charge is -2.24. The van der Waals surface area contributed by atoms with Crippen LogP contribution in [-0.4, -0.2) is 12.7 Å². The van der Waals surface area contributed by atoms with E-state index in [2.05, 4.69) is 52.0 Å². The molecule has 0 aromatic heterocycles. The van der Waals surface area contributed by atoms with Crippen molar-refractivity contribution in [2.45, 2.75) is 65.9 Å². The van der Waals surface area contributed by atoms with Crippen LogP contribution < -0.4 is 9.47 Å². The monoisotopic (exact) mass is 339 g/mol. The fraction of sp³-hybridized carbons (Fsp3) is 0.478. The molecule has 0 saturated heterocycles. The molecule has 2 heteroatoms. The molecule has 0 aliphatic heterocycles. The summed E-state index contributed by atoms with van der Waals surface area (Å²) >= 11 is 0. The molecule has 0 N–H and O–H groups in total. The Balaban J connectivity index is 2.73. The Morgan fingerprint density at radius 1 is 0.880 bits per heavy atom. The van der Waals surface area contributed by atoms with E-state index in [1.807, 2.05) is 32.9 Å². The van der Waals surface area contributed by atoms with Crippen molar-refractivity contribution in [2.24, 2.45) is 0 Å². The van der Waals surface area contributed by atoms with Gasteiger partial charge in [0, 0.05) is 11.6 Å². The second-order valence-electron chi connectivity index (χ2n) is 8.10. The third kappa shape index (κ3) is 4.56. The van der Waals surface area contributed by atoms with Crippen LogP contribution in [-0.2, 0) is 0 Å². The van der Waals surface area contributed by atoms with Gasteiger partial charge in [0.25, 0.3) is 0 Å². The van der Waals surface area contributed by atoms with Crippen molar-refractivity contribution in [3.05, 3.63) is 47.5 Å². The van der Waals surface area contributed by atoms with Crippen LogP contribution in [0.5, 0.6) is 11.5 Å². The van der Waals surface area contributed by atoms with Gasteiger partial charge in [0.05, 0.1) is 7.11 Å². The molecule has 0 aliphatic carbocycles. The minimum atomic E-state index is -0.263. The molecule has 2 aromatic carbocycles. The van der Waals surface area contributed by atoms with Crippen molar-refractivity contribution < 1.29 is 9.47 Å². The predicted octanol–water partition coefficient (Wildman–Crippen LogP) is 6.59. The third-order valence-electron chi connectivity index (χ3n) is 4.14. The molecule has 0 fully saturated rings. The molecule has 2 rings (SSSR count). The minimum absolute atomic E-state index is 0.263. The van der Waals surface area contributed by atoms with E-state index in [1.165, 1.54) is 16.7 Å². The lowest BCUT2D eigenvalue weighted by molar-refractivity contribution is 0.130. The van der Waals surface area contributed by atoms with E-state index in [4.69, 9.17) is 9.47 Å². The number of rotatable bonds is 5. The van der Waals surface area contributed by atoms with Gasteiger partial charge in [-0.1, -0.05) is 45.9 Å². The van der Waals surface area contributed by atoms with Crippen LogP contribution >= 0.6 is 0 Å². The predicted molar refractivity (Wildman–Crippen MR) is 106 cm³/mol. The fourth-order valence-electron chi connectivity index (χ4n) is 3.05. The van der Waals surface area contributed by atoms with Crippen molar-refractivity contribution in [3.63, 3.8) is 0 Å². The molecule has 1 radical (unpaired) electrons. The standard InChI is InChI=1S/C23H31O2/c1-15(2)18-10-9-11-19(16(3)4)22(18)20-14-17(25-23(5,6)7)12-13-21(20)24-8/h9-13,15-16H,1-8H3. The zero-order chi connectivity index (χ0) is 18.8. The number of hydrogen-bond acceptors (Lipinski definition) is 2. The molecule has 0 unspecified atom stereocenters. The van der Waals surface area contributed by atoms with Gasteiger partial charge >= 0.3 is 0 Å². The average molecular weight is 339 g/mol. The van der Waals surface area contributed by atoms with E-state index in [-0.39, 0.29) is 5.60 Å². The van der Waals surface area contributed by atoms with Gasteiger partial charge in [0.2, 0.25) is 0 Å².